The zero-order chi connectivity index (χ0) is 18.4. The molecule has 4 unspecified atom stereocenters. The fourth-order valence-electron chi connectivity index (χ4n) is 1.59. The molecule has 0 amide bonds. The van der Waals surface area contributed by atoms with Crippen LogP contribution in [0.15, 0.2) is 0 Å². The van der Waals surface area contributed by atoms with E-state index in [0.29, 0.717) is 13.0 Å². The van der Waals surface area contributed by atoms with E-state index in [-0.39, 0.29) is 24.4 Å². The van der Waals surface area contributed by atoms with E-state index in [1.54, 1.807) is 20.8 Å². The van der Waals surface area contributed by atoms with E-state index >= 15 is 0 Å². The Morgan fingerprint density at radius 3 is 1.83 bits per heavy atom. The maximum atomic E-state index is 10.4. The van der Waals surface area contributed by atoms with Gasteiger partial charge >= 0.3 is 12.3 Å². The Morgan fingerprint density at radius 2 is 1.65 bits per heavy atom. The van der Waals surface area contributed by atoms with Crippen LogP contribution in [0.25, 0.3) is 0 Å². The van der Waals surface area contributed by atoms with Gasteiger partial charge in [0.1, 0.15) is 12.2 Å². The van der Waals surface area contributed by atoms with Crippen molar-refractivity contribution in [2.45, 2.75) is 71.9 Å². The van der Waals surface area contributed by atoms with E-state index in [2.05, 4.69) is 9.47 Å². The van der Waals surface area contributed by atoms with Crippen LogP contribution in [0.5, 0.6) is 0 Å². The van der Waals surface area contributed by atoms with E-state index in [4.69, 9.17) is 19.7 Å². The smallest absolute Gasteiger partial charge is 0.438 e. The summed E-state index contributed by atoms with van der Waals surface area (Å²) in [6.07, 6.45) is -0.614. The van der Waals surface area contributed by atoms with E-state index < -0.39 is 12.3 Å². The Morgan fingerprint density at radius 1 is 1.22 bits per heavy atom. The molecule has 1 rings (SSSR count). The molecule has 8 heteroatoms. The molecule has 0 aromatic carbocycles. The maximum Gasteiger partial charge on any atom is 0.508 e. The summed E-state index contributed by atoms with van der Waals surface area (Å²) in [5.74, 6) is 0. The van der Waals surface area contributed by atoms with Crippen LogP contribution in [0.4, 0.5) is 9.59 Å². The monoisotopic (exact) mass is 338 g/mol. The predicted molar refractivity (Wildman–Crippen MR) is 83.1 cm³/mol. The van der Waals surface area contributed by atoms with Crippen molar-refractivity contribution in [3.63, 3.8) is 0 Å². The van der Waals surface area contributed by atoms with Gasteiger partial charge < -0.3 is 29.2 Å². The van der Waals surface area contributed by atoms with Crippen LogP contribution in [-0.2, 0) is 18.9 Å². The number of cyclic esters (lactones) is 2. The van der Waals surface area contributed by atoms with Gasteiger partial charge in [0, 0.05) is 6.42 Å². The second-order valence-electron chi connectivity index (χ2n) is 5.16. The summed E-state index contributed by atoms with van der Waals surface area (Å²) in [5, 5.41) is 17.1. The van der Waals surface area contributed by atoms with Crippen molar-refractivity contribution in [3.05, 3.63) is 0 Å². The average molecular weight is 338 g/mol. The Kier molecular flexibility index (Phi) is 14.5. The highest BCUT2D eigenvalue weighted by Crippen LogP contribution is 2.13. The third kappa shape index (κ3) is 18.4. The summed E-state index contributed by atoms with van der Waals surface area (Å²) in [6.45, 7) is 9.12. The number of hydrogen-bond acceptors (Lipinski definition) is 8. The normalized spacial score (nSPS) is 21.8. The molecule has 0 aromatic heterocycles. The summed E-state index contributed by atoms with van der Waals surface area (Å²) >= 11 is 0. The number of ether oxygens (including phenoxy) is 4. The molecular weight excluding hydrogens is 308 g/mol. The lowest BCUT2D eigenvalue weighted by atomic mass is 10.2. The number of carbonyl (C=O) groups excluding carboxylic acids is 2. The van der Waals surface area contributed by atoms with Gasteiger partial charge in [-0.05, 0) is 41.0 Å². The maximum absolute atomic E-state index is 10.4. The first kappa shape index (κ1) is 23.7. The first-order valence-corrected chi connectivity index (χ1v) is 7.56. The van der Waals surface area contributed by atoms with Crippen molar-refractivity contribution in [2.75, 3.05) is 13.7 Å². The molecule has 138 valence electrons. The lowest BCUT2D eigenvalue weighted by Gasteiger charge is -2.23. The van der Waals surface area contributed by atoms with Crippen molar-refractivity contribution in [1.29, 1.82) is 0 Å². The predicted octanol–water partition coefficient (Wildman–Crippen LogP) is 2.25. The third-order valence-electron chi connectivity index (χ3n) is 2.37. The van der Waals surface area contributed by atoms with Gasteiger partial charge in [-0.15, -0.1) is 0 Å². The first-order valence-electron chi connectivity index (χ1n) is 7.56. The SMILES string of the molecule is CC(O)CC(C)O.CC1CC(C)OC(=O)O1.CCOC(=O)OC. The van der Waals surface area contributed by atoms with Crippen LogP contribution < -0.4 is 0 Å². The summed E-state index contributed by atoms with van der Waals surface area (Å²) in [4.78, 5) is 20.4. The van der Waals surface area contributed by atoms with E-state index in [9.17, 15) is 9.59 Å². The fourth-order valence-corrected chi connectivity index (χ4v) is 1.59. The molecular formula is C15H30O8. The van der Waals surface area contributed by atoms with E-state index in [0.717, 1.165) is 6.42 Å². The molecule has 4 atom stereocenters. The molecule has 1 heterocycles. The van der Waals surface area contributed by atoms with E-state index in [1.807, 2.05) is 13.8 Å². The minimum atomic E-state index is -0.623. The number of aliphatic hydroxyl groups excluding tert-OH is 2. The van der Waals surface area contributed by atoms with Crippen LogP contribution in [-0.4, -0.2) is 60.7 Å². The van der Waals surface area contributed by atoms with Gasteiger partial charge in [-0.2, -0.15) is 0 Å². The number of carbonyl (C=O) groups is 2. The highest BCUT2D eigenvalue weighted by atomic mass is 16.7. The summed E-state index contributed by atoms with van der Waals surface area (Å²) in [5.41, 5.74) is 0. The Labute approximate surface area is 137 Å². The van der Waals surface area contributed by atoms with Gasteiger partial charge in [-0.25, -0.2) is 9.59 Å². The quantitative estimate of drug-likeness (QED) is 0.754. The van der Waals surface area contributed by atoms with Crippen LogP contribution in [0.1, 0.15) is 47.5 Å². The molecule has 2 N–H and O–H groups in total. The molecule has 0 aliphatic carbocycles. The Hall–Kier alpha value is -1.54. The molecule has 1 aliphatic rings. The zero-order valence-corrected chi connectivity index (χ0v) is 14.8. The molecule has 0 bridgehead atoms. The molecule has 0 spiro atoms. The van der Waals surface area contributed by atoms with Gasteiger partial charge in [0.2, 0.25) is 0 Å². The van der Waals surface area contributed by atoms with Gasteiger partial charge in [-0.3, -0.25) is 0 Å². The molecule has 1 fully saturated rings. The minimum Gasteiger partial charge on any atom is -0.438 e. The largest absolute Gasteiger partial charge is 0.508 e. The van der Waals surface area contributed by atoms with Gasteiger partial charge in [-0.1, -0.05) is 0 Å². The lowest BCUT2D eigenvalue weighted by Crippen LogP contribution is -2.30. The van der Waals surface area contributed by atoms with Crippen LogP contribution in [0.2, 0.25) is 0 Å². The van der Waals surface area contributed by atoms with Crippen LogP contribution >= 0.6 is 0 Å². The van der Waals surface area contributed by atoms with Crippen molar-refractivity contribution in [1.82, 2.24) is 0 Å². The lowest BCUT2D eigenvalue weighted by molar-refractivity contribution is -0.0473. The third-order valence-corrected chi connectivity index (χ3v) is 2.37. The zero-order valence-electron chi connectivity index (χ0n) is 14.8. The van der Waals surface area contributed by atoms with Crippen molar-refractivity contribution >= 4 is 12.3 Å². The highest BCUT2D eigenvalue weighted by Gasteiger charge is 2.22. The second-order valence-corrected chi connectivity index (χ2v) is 5.16. The minimum absolute atomic E-state index is 0.0150. The Balaban J connectivity index is 0. The second kappa shape index (κ2) is 14.1. The van der Waals surface area contributed by atoms with Gasteiger partial charge in [0.15, 0.2) is 0 Å². The number of hydrogen-bond donors (Lipinski definition) is 2. The summed E-state index contributed by atoms with van der Waals surface area (Å²) in [6, 6.07) is 0. The standard InChI is InChI=1S/C6H10O3.C5H12O2.C4H8O3/c1-4-3-5(2)9-6(7)8-4;1-4(6)3-5(2)7;1-3-7-4(5)6-2/h4-5H,3H2,1-2H3;4-7H,3H2,1-2H3;3H2,1-2H3. The number of aliphatic hydroxyl groups is 2. The molecule has 1 saturated heterocycles. The van der Waals surface area contributed by atoms with Crippen molar-refractivity contribution in [2.24, 2.45) is 0 Å². The van der Waals surface area contributed by atoms with Crippen LogP contribution in [0.3, 0.4) is 0 Å². The molecule has 0 aromatic rings. The summed E-state index contributed by atoms with van der Waals surface area (Å²) in [7, 11) is 1.28. The molecule has 1 aliphatic heterocycles. The highest BCUT2D eigenvalue weighted by molar-refractivity contribution is 5.61. The molecule has 8 nitrogen and oxygen atoms in total. The summed E-state index contributed by atoms with van der Waals surface area (Å²) < 4.78 is 17.9. The molecule has 0 saturated carbocycles. The number of methoxy groups -OCH3 is 1. The fraction of sp³-hybridized carbons (Fsp3) is 0.867. The molecule has 23 heavy (non-hydrogen) atoms. The van der Waals surface area contributed by atoms with Crippen molar-refractivity contribution < 1.29 is 38.7 Å². The topological polar surface area (TPSA) is 112 Å². The van der Waals surface area contributed by atoms with Crippen molar-refractivity contribution in [3.8, 4) is 0 Å². The van der Waals surface area contributed by atoms with Crippen LogP contribution in [0, 0.1) is 0 Å². The van der Waals surface area contributed by atoms with E-state index in [1.165, 1.54) is 7.11 Å². The number of rotatable bonds is 3. The molecule has 0 radical (unpaired) electrons. The van der Waals surface area contributed by atoms with Gasteiger partial charge in [0.25, 0.3) is 0 Å². The first-order chi connectivity index (χ1) is 10.6. The average Bonchev–Trinajstić information content (AvgIpc) is 2.36. The van der Waals surface area contributed by atoms with Gasteiger partial charge in [0.05, 0.1) is 25.9 Å². The Bertz CT molecular complexity index is 299.